The van der Waals surface area contributed by atoms with Crippen molar-refractivity contribution in [2.24, 2.45) is 10.8 Å². The molecule has 4 heterocycles. The summed E-state index contributed by atoms with van der Waals surface area (Å²) in [5, 5.41) is 17.5. The highest BCUT2D eigenvalue weighted by molar-refractivity contribution is 8.00. The second-order valence-electron chi connectivity index (χ2n) is 17.9. The van der Waals surface area contributed by atoms with Gasteiger partial charge in [-0.3, -0.25) is 28.8 Å². The van der Waals surface area contributed by atoms with Crippen LogP contribution in [0.3, 0.4) is 0 Å². The van der Waals surface area contributed by atoms with E-state index in [1.54, 1.807) is 61.3 Å². The molecule has 4 fully saturated rings. The maximum absolute atomic E-state index is 13.9. The Morgan fingerprint density at radius 1 is 0.633 bits per heavy atom. The SMILES string of the molecule is CN[C@@H](C)C(=O)N[C@H]1CCS[C@H]2CC(C)(C)[C@@H](C(=O)Nc3ccc(CCc4ccc(NC(=O)[C@H]5N6C(=O)[C@@H](NC(=O)[C@H](C)NC)CCS[C@H]6CC5(C)C)cc4)cc3)N2C1=O. The van der Waals surface area contributed by atoms with E-state index in [1.165, 1.54) is 0 Å². The molecule has 16 heteroatoms. The molecule has 4 saturated heterocycles. The van der Waals surface area contributed by atoms with E-state index in [-0.39, 0.29) is 46.2 Å². The first-order chi connectivity index (χ1) is 28.4. The smallest absolute Gasteiger partial charge is 0.247 e. The van der Waals surface area contributed by atoms with E-state index < -0.39 is 47.1 Å². The highest BCUT2D eigenvalue weighted by Gasteiger charge is 2.56. The average molecular weight is 863 g/mol. The summed E-state index contributed by atoms with van der Waals surface area (Å²) >= 11 is 3.34. The molecule has 0 bridgehead atoms. The first-order valence-corrected chi connectivity index (χ1v) is 23.2. The van der Waals surface area contributed by atoms with Crippen LogP contribution in [-0.4, -0.2) is 118 Å². The number of carbonyl (C=O) groups is 6. The molecule has 4 aliphatic heterocycles. The topological polar surface area (TPSA) is 181 Å². The Balaban J connectivity index is 1.04. The third kappa shape index (κ3) is 9.98. The normalized spacial score (nSPS) is 26.8. The fourth-order valence-corrected chi connectivity index (χ4v) is 11.9. The lowest BCUT2D eigenvalue weighted by Gasteiger charge is -2.34. The molecule has 6 rings (SSSR count). The molecule has 8 atom stereocenters. The summed E-state index contributed by atoms with van der Waals surface area (Å²) in [6, 6.07) is 11.9. The summed E-state index contributed by atoms with van der Waals surface area (Å²) < 4.78 is 0. The molecule has 2 aromatic carbocycles. The number of anilines is 2. The van der Waals surface area contributed by atoms with Crippen LogP contribution < -0.4 is 31.9 Å². The highest BCUT2D eigenvalue weighted by Crippen LogP contribution is 2.48. The van der Waals surface area contributed by atoms with E-state index in [0.29, 0.717) is 48.6 Å². The van der Waals surface area contributed by atoms with Gasteiger partial charge in [-0.15, -0.1) is 23.5 Å². The Bertz CT molecular complexity index is 1790. The van der Waals surface area contributed by atoms with Gasteiger partial charge in [-0.1, -0.05) is 52.0 Å². The molecule has 6 N–H and O–H groups in total. The summed E-state index contributed by atoms with van der Waals surface area (Å²) in [6.07, 6.45) is 3.90. The number of likely N-dealkylation sites (N-methyl/N-ethyl adjacent to an activating group) is 2. The van der Waals surface area contributed by atoms with Crippen LogP contribution in [0.5, 0.6) is 0 Å². The number of rotatable bonds is 13. The fourth-order valence-electron chi connectivity index (χ4n) is 8.78. The Labute approximate surface area is 362 Å². The van der Waals surface area contributed by atoms with Gasteiger partial charge in [0.2, 0.25) is 35.4 Å². The number of aryl methyl sites for hydroxylation is 2. The quantitative estimate of drug-likeness (QED) is 0.174. The molecule has 0 unspecified atom stereocenters. The Morgan fingerprint density at radius 2 is 0.983 bits per heavy atom. The van der Waals surface area contributed by atoms with E-state index in [9.17, 15) is 28.8 Å². The minimum Gasteiger partial charge on any atom is -0.343 e. The van der Waals surface area contributed by atoms with Crippen molar-refractivity contribution in [3.05, 3.63) is 59.7 Å². The number of carbonyl (C=O) groups excluding carboxylic acids is 6. The van der Waals surface area contributed by atoms with Crippen LogP contribution in [0.1, 0.15) is 78.4 Å². The summed E-state index contributed by atoms with van der Waals surface area (Å²) in [5.41, 5.74) is 2.55. The van der Waals surface area contributed by atoms with Gasteiger partial charge in [-0.05, 0) is 124 Å². The predicted molar refractivity (Wildman–Crippen MR) is 238 cm³/mol. The maximum atomic E-state index is 13.9. The maximum Gasteiger partial charge on any atom is 0.247 e. The average Bonchev–Trinajstić information content (AvgIpc) is 3.53. The molecule has 6 amide bonds. The van der Waals surface area contributed by atoms with Gasteiger partial charge in [-0.2, -0.15) is 0 Å². The first kappa shape index (κ1) is 45.4. The molecule has 0 radical (unpaired) electrons. The van der Waals surface area contributed by atoms with Crippen LogP contribution in [0.2, 0.25) is 0 Å². The molecule has 0 aromatic heterocycles. The number of hydrogen-bond acceptors (Lipinski definition) is 10. The van der Waals surface area contributed by atoms with Crippen LogP contribution in [-0.2, 0) is 41.6 Å². The zero-order chi connectivity index (χ0) is 43.5. The third-order valence-corrected chi connectivity index (χ3v) is 15.0. The lowest BCUT2D eigenvalue weighted by molar-refractivity contribution is -0.142. The van der Waals surface area contributed by atoms with Crippen molar-refractivity contribution in [2.75, 3.05) is 36.2 Å². The summed E-state index contributed by atoms with van der Waals surface area (Å²) in [5.74, 6) is 0.0184. The number of hydrogen-bond donors (Lipinski definition) is 6. The molecule has 0 spiro atoms. The molecule has 0 saturated carbocycles. The summed E-state index contributed by atoms with van der Waals surface area (Å²) in [4.78, 5) is 84.4. The van der Waals surface area contributed by atoms with Gasteiger partial charge >= 0.3 is 0 Å². The van der Waals surface area contributed by atoms with E-state index in [2.05, 4.69) is 31.9 Å². The van der Waals surface area contributed by atoms with Gasteiger partial charge in [0.15, 0.2) is 0 Å². The fraction of sp³-hybridized carbons (Fsp3) is 0.591. The second kappa shape index (κ2) is 18.9. The van der Waals surface area contributed by atoms with Crippen LogP contribution in [0.4, 0.5) is 11.4 Å². The lowest BCUT2D eigenvalue weighted by atomic mass is 9.84. The van der Waals surface area contributed by atoms with Crippen molar-refractivity contribution >= 4 is 70.3 Å². The van der Waals surface area contributed by atoms with Crippen molar-refractivity contribution in [2.45, 2.75) is 127 Å². The van der Waals surface area contributed by atoms with Gasteiger partial charge in [0.1, 0.15) is 24.2 Å². The summed E-state index contributed by atoms with van der Waals surface area (Å²) in [7, 11) is 3.40. The van der Waals surface area contributed by atoms with Gasteiger partial charge in [0.05, 0.1) is 22.8 Å². The monoisotopic (exact) mass is 862 g/mol. The van der Waals surface area contributed by atoms with Crippen molar-refractivity contribution in [1.29, 1.82) is 0 Å². The zero-order valence-electron chi connectivity index (χ0n) is 36.1. The molecule has 60 heavy (non-hydrogen) atoms. The van der Waals surface area contributed by atoms with Crippen LogP contribution in [0, 0.1) is 10.8 Å². The molecule has 326 valence electrons. The van der Waals surface area contributed by atoms with E-state index in [1.807, 2.05) is 76.2 Å². The van der Waals surface area contributed by atoms with Crippen LogP contribution in [0.15, 0.2) is 48.5 Å². The Hall–Kier alpha value is -4.12. The van der Waals surface area contributed by atoms with Crippen molar-refractivity contribution in [1.82, 2.24) is 31.1 Å². The van der Waals surface area contributed by atoms with Gasteiger partial charge in [0.25, 0.3) is 0 Å². The molecule has 14 nitrogen and oxygen atoms in total. The molecular formula is C44H62N8O6S2. The molecular weight excluding hydrogens is 801 g/mol. The number of nitrogens with zero attached hydrogens (tertiary/aromatic N) is 2. The Kier molecular flexibility index (Phi) is 14.3. The first-order valence-electron chi connectivity index (χ1n) is 21.1. The number of amides is 6. The minimum absolute atomic E-state index is 0.141. The van der Waals surface area contributed by atoms with E-state index in [4.69, 9.17) is 0 Å². The Morgan fingerprint density at radius 3 is 1.32 bits per heavy atom. The zero-order valence-corrected chi connectivity index (χ0v) is 37.7. The van der Waals surface area contributed by atoms with E-state index >= 15 is 0 Å². The van der Waals surface area contributed by atoms with Crippen LogP contribution >= 0.6 is 23.5 Å². The van der Waals surface area contributed by atoms with Crippen LogP contribution in [0.25, 0.3) is 0 Å². The van der Waals surface area contributed by atoms with Gasteiger partial charge < -0.3 is 41.7 Å². The lowest BCUT2D eigenvalue weighted by Crippen LogP contribution is -2.57. The standard InChI is InChI=1S/C44H62N8O6S2/c1-25(45-7)37(53)49-31-19-21-59-33-23-43(3,4)35(51(33)41(31)57)39(55)47-29-15-11-27(12-16-29)9-10-28-13-17-30(18-14-28)48-40(56)36-44(5,6)24-34-52(36)42(58)32(20-22-60-34)50-38(54)26(2)46-8/h11-18,25-26,31-36,45-46H,9-10,19-24H2,1-8H3,(H,47,55)(H,48,56)(H,49,53)(H,50,54)/t25-,26-,31-,32-,33-,34-,35+,36+/m0/s1. The van der Waals surface area contributed by atoms with E-state index in [0.717, 1.165) is 24.0 Å². The van der Waals surface area contributed by atoms with Crippen molar-refractivity contribution in [3.63, 3.8) is 0 Å². The largest absolute Gasteiger partial charge is 0.343 e. The third-order valence-electron chi connectivity index (χ3n) is 12.5. The number of benzene rings is 2. The molecule has 0 aliphatic carbocycles. The second-order valence-corrected chi connectivity index (χ2v) is 20.5. The van der Waals surface area contributed by atoms with Gasteiger partial charge in [-0.25, -0.2) is 0 Å². The molecule has 2 aromatic rings. The van der Waals surface area contributed by atoms with Crippen molar-refractivity contribution < 1.29 is 28.8 Å². The minimum atomic E-state index is -0.689. The van der Waals surface area contributed by atoms with Gasteiger partial charge in [0, 0.05) is 11.4 Å². The van der Waals surface area contributed by atoms with Crippen molar-refractivity contribution in [3.8, 4) is 0 Å². The number of nitrogens with one attached hydrogen (secondary N) is 6. The summed E-state index contributed by atoms with van der Waals surface area (Å²) in [6.45, 7) is 11.6. The number of thioether (sulfide) groups is 2. The molecule has 4 aliphatic rings. The number of fused-ring (bicyclic) bond motifs is 2. The highest BCUT2D eigenvalue weighted by atomic mass is 32.2. The predicted octanol–water partition coefficient (Wildman–Crippen LogP) is 3.71.